The van der Waals surface area contributed by atoms with Crippen LogP contribution in [0.15, 0.2) is 48.5 Å². The van der Waals surface area contributed by atoms with Crippen molar-refractivity contribution in [3.63, 3.8) is 0 Å². The van der Waals surface area contributed by atoms with E-state index >= 15 is 0 Å². The Kier molecular flexibility index (Phi) is 4.15. The minimum Gasteiger partial charge on any atom is -0.493 e. The van der Waals surface area contributed by atoms with Crippen LogP contribution in [-0.2, 0) is 9.59 Å². The quantitative estimate of drug-likeness (QED) is 0.453. The summed E-state index contributed by atoms with van der Waals surface area (Å²) in [5.41, 5.74) is 0.706. The Balaban J connectivity index is 1.41. The van der Waals surface area contributed by atoms with Gasteiger partial charge in [-0.3, -0.25) is 14.5 Å². The molecule has 0 spiro atoms. The van der Waals surface area contributed by atoms with Crippen molar-refractivity contribution >= 4 is 23.5 Å². The SMILES string of the molecule is COc1ccccc1OC(=O)c1cccc(N2C(=O)C3C4CCC(C4)C3C2=O)c1. The molecule has 2 bridgehead atoms. The first-order valence-corrected chi connectivity index (χ1v) is 9.91. The van der Waals surface area contributed by atoms with Gasteiger partial charge in [0.25, 0.3) is 0 Å². The molecule has 1 aliphatic heterocycles. The second-order valence-corrected chi connectivity index (χ2v) is 7.99. The van der Waals surface area contributed by atoms with E-state index in [2.05, 4.69) is 0 Å². The molecule has 6 nitrogen and oxygen atoms in total. The number of methoxy groups -OCH3 is 1. The van der Waals surface area contributed by atoms with Crippen LogP contribution in [0.25, 0.3) is 0 Å². The number of hydrogen-bond acceptors (Lipinski definition) is 5. The van der Waals surface area contributed by atoms with Gasteiger partial charge in [-0.1, -0.05) is 18.2 Å². The summed E-state index contributed by atoms with van der Waals surface area (Å²) in [5, 5.41) is 0. The molecule has 148 valence electrons. The van der Waals surface area contributed by atoms with Crippen molar-refractivity contribution < 1.29 is 23.9 Å². The van der Waals surface area contributed by atoms with Crippen LogP contribution in [-0.4, -0.2) is 24.9 Å². The number of amides is 2. The summed E-state index contributed by atoms with van der Waals surface area (Å²) in [7, 11) is 1.50. The number of para-hydroxylation sites is 2. The Hall–Kier alpha value is -3.15. The highest BCUT2D eigenvalue weighted by atomic mass is 16.6. The van der Waals surface area contributed by atoms with Crippen molar-refractivity contribution in [1.82, 2.24) is 0 Å². The van der Waals surface area contributed by atoms with E-state index in [9.17, 15) is 14.4 Å². The third-order valence-corrected chi connectivity index (χ3v) is 6.54. The first-order chi connectivity index (χ1) is 14.1. The van der Waals surface area contributed by atoms with Gasteiger partial charge in [0.2, 0.25) is 11.8 Å². The molecule has 2 saturated carbocycles. The summed E-state index contributed by atoms with van der Waals surface area (Å²) in [4.78, 5) is 40.0. The summed E-state index contributed by atoms with van der Waals surface area (Å²) in [6, 6.07) is 13.4. The van der Waals surface area contributed by atoms with Gasteiger partial charge in [-0.2, -0.15) is 0 Å². The molecular weight excluding hydrogens is 370 g/mol. The van der Waals surface area contributed by atoms with E-state index in [1.54, 1.807) is 48.5 Å². The summed E-state index contributed by atoms with van der Waals surface area (Å²) in [6.07, 6.45) is 3.06. The number of imide groups is 1. The van der Waals surface area contributed by atoms with Gasteiger partial charge in [-0.15, -0.1) is 0 Å². The Morgan fingerprint density at radius 2 is 1.59 bits per heavy atom. The number of carbonyl (C=O) groups is 3. The number of carbonyl (C=O) groups excluding carboxylic acids is 3. The van der Waals surface area contributed by atoms with E-state index in [1.807, 2.05) is 0 Å². The maximum Gasteiger partial charge on any atom is 0.343 e. The number of ether oxygens (including phenoxy) is 2. The number of rotatable bonds is 4. The Labute approximate surface area is 168 Å². The molecule has 0 aromatic heterocycles. The molecule has 5 rings (SSSR count). The van der Waals surface area contributed by atoms with Gasteiger partial charge in [0.05, 0.1) is 30.2 Å². The van der Waals surface area contributed by atoms with E-state index in [0.717, 1.165) is 19.3 Å². The standard InChI is InChI=1S/C23H21NO5/c1-28-17-7-2-3-8-18(17)29-23(27)15-5-4-6-16(12-15)24-21(25)19-13-9-10-14(11-13)20(19)22(24)26/h2-8,12-14,19-20H,9-11H2,1H3. The molecule has 29 heavy (non-hydrogen) atoms. The van der Waals surface area contributed by atoms with E-state index in [-0.39, 0.29) is 29.2 Å². The number of hydrogen-bond donors (Lipinski definition) is 0. The highest BCUT2D eigenvalue weighted by molar-refractivity contribution is 6.22. The predicted molar refractivity (Wildman–Crippen MR) is 105 cm³/mol. The van der Waals surface area contributed by atoms with Crippen LogP contribution >= 0.6 is 0 Å². The van der Waals surface area contributed by atoms with Gasteiger partial charge in [-0.05, 0) is 61.4 Å². The fourth-order valence-corrected chi connectivity index (χ4v) is 5.30. The number of esters is 1. The average Bonchev–Trinajstić information content (AvgIpc) is 3.42. The van der Waals surface area contributed by atoms with Crippen molar-refractivity contribution in [2.24, 2.45) is 23.7 Å². The van der Waals surface area contributed by atoms with Crippen LogP contribution in [0.1, 0.15) is 29.6 Å². The van der Waals surface area contributed by atoms with E-state index < -0.39 is 5.97 Å². The molecule has 6 heteroatoms. The number of benzene rings is 2. The zero-order chi connectivity index (χ0) is 20.1. The minimum atomic E-state index is -0.573. The van der Waals surface area contributed by atoms with Gasteiger partial charge >= 0.3 is 5.97 Å². The normalized spacial score (nSPS) is 27.3. The highest BCUT2D eigenvalue weighted by Gasteiger charge is 2.61. The largest absolute Gasteiger partial charge is 0.493 e. The molecule has 1 saturated heterocycles. The summed E-state index contributed by atoms with van der Waals surface area (Å²) in [6.45, 7) is 0. The van der Waals surface area contributed by atoms with Crippen LogP contribution in [0.3, 0.4) is 0 Å². The molecule has 1 heterocycles. The maximum absolute atomic E-state index is 13.0. The molecule has 3 fully saturated rings. The molecule has 2 aromatic rings. The minimum absolute atomic E-state index is 0.123. The lowest BCUT2D eigenvalue weighted by Crippen LogP contribution is -2.32. The van der Waals surface area contributed by atoms with Gasteiger partial charge in [0.1, 0.15) is 0 Å². The molecule has 3 aliphatic rings. The zero-order valence-electron chi connectivity index (χ0n) is 16.0. The second kappa shape index (κ2) is 6.72. The Morgan fingerprint density at radius 1 is 0.931 bits per heavy atom. The zero-order valence-corrected chi connectivity index (χ0v) is 16.0. The van der Waals surface area contributed by atoms with Gasteiger partial charge in [0.15, 0.2) is 11.5 Å². The van der Waals surface area contributed by atoms with Crippen LogP contribution in [0.4, 0.5) is 5.69 Å². The Morgan fingerprint density at radius 3 is 2.24 bits per heavy atom. The molecule has 2 aliphatic carbocycles. The van der Waals surface area contributed by atoms with E-state index in [1.165, 1.54) is 12.0 Å². The maximum atomic E-state index is 13.0. The molecule has 4 unspecified atom stereocenters. The third kappa shape index (κ3) is 2.74. The Bertz CT molecular complexity index is 988. The smallest absolute Gasteiger partial charge is 0.343 e. The average molecular weight is 391 g/mol. The number of nitrogens with zero attached hydrogens (tertiary/aromatic N) is 1. The lowest BCUT2D eigenvalue weighted by atomic mass is 9.81. The van der Waals surface area contributed by atoms with Gasteiger partial charge in [-0.25, -0.2) is 4.79 Å². The monoisotopic (exact) mass is 391 g/mol. The third-order valence-electron chi connectivity index (χ3n) is 6.54. The van der Waals surface area contributed by atoms with Crippen molar-refractivity contribution in [3.05, 3.63) is 54.1 Å². The van der Waals surface area contributed by atoms with Crippen LogP contribution in [0.2, 0.25) is 0 Å². The second-order valence-electron chi connectivity index (χ2n) is 7.99. The molecule has 2 amide bonds. The molecular formula is C23H21NO5. The first kappa shape index (κ1) is 17.9. The van der Waals surface area contributed by atoms with Crippen molar-refractivity contribution in [1.29, 1.82) is 0 Å². The van der Waals surface area contributed by atoms with E-state index in [0.29, 0.717) is 29.0 Å². The summed E-state index contributed by atoms with van der Waals surface area (Å²) >= 11 is 0. The fraction of sp³-hybridized carbons (Fsp3) is 0.348. The van der Waals surface area contributed by atoms with Crippen molar-refractivity contribution in [2.75, 3.05) is 12.0 Å². The first-order valence-electron chi connectivity index (χ1n) is 9.91. The molecule has 4 atom stereocenters. The fourth-order valence-electron chi connectivity index (χ4n) is 5.30. The van der Waals surface area contributed by atoms with E-state index in [4.69, 9.17) is 9.47 Å². The lowest BCUT2D eigenvalue weighted by molar-refractivity contribution is -0.123. The van der Waals surface area contributed by atoms with Gasteiger partial charge in [0, 0.05) is 0 Å². The summed E-state index contributed by atoms with van der Waals surface area (Å²) in [5.74, 6) is 0.210. The highest BCUT2D eigenvalue weighted by Crippen LogP contribution is 2.56. The number of fused-ring (bicyclic) bond motifs is 5. The van der Waals surface area contributed by atoms with Gasteiger partial charge < -0.3 is 9.47 Å². The lowest BCUT2D eigenvalue weighted by Gasteiger charge is -2.19. The molecule has 0 radical (unpaired) electrons. The predicted octanol–water partition coefficient (Wildman–Crippen LogP) is 3.45. The van der Waals surface area contributed by atoms with Crippen molar-refractivity contribution in [3.8, 4) is 11.5 Å². The molecule has 2 aromatic carbocycles. The van der Waals surface area contributed by atoms with Crippen LogP contribution in [0, 0.1) is 23.7 Å². The van der Waals surface area contributed by atoms with Crippen LogP contribution < -0.4 is 14.4 Å². The molecule has 0 N–H and O–H groups in total. The topological polar surface area (TPSA) is 72.9 Å². The van der Waals surface area contributed by atoms with Crippen molar-refractivity contribution in [2.45, 2.75) is 19.3 Å². The number of anilines is 1. The summed E-state index contributed by atoms with van der Waals surface area (Å²) < 4.78 is 10.7. The van der Waals surface area contributed by atoms with Crippen LogP contribution in [0.5, 0.6) is 11.5 Å².